The van der Waals surface area contributed by atoms with Crippen LogP contribution in [0.3, 0.4) is 0 Å². The lowest BCUT2D eigenvalue weighted by Gasteiger charge is -2.08. The highest BCUT2D eigenvalue weighted by atomic mass is 79.9. The lowest BCUT2D eigenvalue weighted by molar-refractivity contribution is -0.137. The van der Waals surface area contributed by atoms with Gasteiger partial charge in [-0.05, 0) is 24.5 Å². The molecule has 0 amide bonds. The number of nitrogens with zero attached hydrogens (tertiary/aromatic N) is 5. The lowest BCUT2D eigenvalue weighted by atomic mass is 10.1. The van der Waals surface area contributed by atoms with E-state index in [1.807, 2.05) is 0 Å². The van der Waals surface area contributed by atoms with Crippen molar-refractivity contribution in [3.05, 3.63) is 28.2 Å². The minimum atomic E-state index is -4.42. The average Bonchev–Trinajstić information content (AvgIpc) is 2.90. The van der Waals surface area contributed by atoms with Crippen LogP contribution in [0.4, 0.5) is 19.1 Å². The topological polar surface area (TPSA) is 82.0 Å². The zero-order valence-electron chi connectivity index (χ0n) is 11.5. The van der Waals surface area contributed by atoms with E-state index in [1.54, 1.807) is 6.26 Å². The van der Waals surface area contributed by atoms with Crippen LogP contribution >= 0.6 is 27.7 Å². The molecule has 0 radical (unpaired) electrons. The predicted octanol–water partition coefficient (Wildman–Crippen LogP) is 3.27. The summed E-state index contributed by atoms with van der Waals surface area (Å²) in [4.78, 5) is 12.4. The van der Waals surface area contributed by atoms with Crippen molar-refractivity contribution in [3.8, 4) is 11.4 Å². The molecule has 120 valence electrons. The van der Waals surface area contributed by atoms with Gasteiger partial charge in [-0.1, -0.05) is 27.7 Å². The van der Waals surface area contributed by atoms with Crippen LogP contribution in [0.5, 0.6) is 0 Å². The summed E-state index contributed by atoms with van der Waals surface area (Å²) in [7, 11) is 0. The fourth-order valence-electron chi connectivity index (χ4n) is 1.86. The molecule has 11 heteroatoms. The van der Waals surface area contributed by atoms with Gasteiger partial charge in [0, 0.05) is 10.0 Å². The predicted molar refractivity (Wildman–Crippen MR) is 82.9 cm³/mol. The van der Waals surface area contributed by atoms with E-state index < -0.39 is 11.7 Å². The second-order valence-corrected chi connectivity index (χ2v) is 6.04. The van der Waals surface area contributed by atoms with E-state index in [4.69, 9.17) is 5.73 Å². The second-order valence-electron chi connectivity index (χ2n) is 4.41. The minimum Gasteiger partial charge on any atom is -0.368 e. The molecule has 1 aromatic carbocycles. The zero-order valence-corrected chi connectivity index (χ0v) is 13.9. The molecule has 3 aromatic rings. The monoisotopic (exact) mass is 404 g/mol. The van der Waals surface area contributed by atoms with Crippen molar-refractivity contribution in [1.29, 1.82) is 0 Å². The maximum atomic E-state index is 12.7. The van der Waals surface area contributed by atoms with E-state index in [0.717, 1.165) is 12.1 Å². The maximum absolute atomic E-state index is 12.7. The first kappa shape index (κ1) is 16.0. The third kappa shape index (κ3) is 2.98. The number of alkyl halides is 3. The number of hydrogen-bond donors (Lipinski definition) is 1. The van der Waals surface area contributed by atoms with Gasteiger partial charge in [0.25, 0.3) is 5.78 Å². The number of fused-ring (bicyclic) bond motifs is 1. The third-order valence-electron chi connectivity index (χ3n) is 2.93. The van der Waals surface area contributed by atoms with Gasteiger partial charge in [0.05, 0.1) is 5.56 Å². The average molecular weight is 405 g/mol. The highest BCUT2D eigenvalue weighted by Crippen LogP contribution is 2.35. The normalized spacial score (nSPS) is 12.0. The highest BCUT2D eigenvalue weighted by molar-refractivity contribution is 9.10. The number of thioether (sulfide) groups is 1. The molecule has 0 unspecified atom stereocenters. The standard InChI is InChI=1S/C12H8BrF3N6S/c1-23-11-19-9(17)22-10(20-11)18-8(21-22)6-3-2-5(4-7(6)13)12(14,15)16/h2-4H,1H3,(H2,17,18,19,20,21). The van der Waals surface area contributed by atoms with Crippen molar-refractivity contribution in [1.82, 2.24) is 24.6 Å². The van der Waals surface area contributed by atoms with Gasteiger partial charge >= 0.3 is 6.18 Å². The van der Waals surface area contributed by atoms with E-state index in [1.165, 1.54) is 22.3 Å². The molecular weight excluding hydrogens is 397 g/mol. The Hall–Kier alpha value is -1.88. The summed E-state index contributed by atoms with van der Waals surface area (Å²) in [6.45, 7) is 0. The highest BCUT2D eigenvalue weighted by Gasteiger charge is 2.31. The molecule has 0 aliphatic heterocycles. The number of nitrogens with two attached hydrogens (primary N) is 1. The van der Waals surface area contributed by atoms with Crippen LogP contribution in [0.2, 0.25) is 0 Å². The van der Waals surface area contributed by atoms with Crippen LogP contribution in [-0.2, 0) is 6.18 Å². The van der Waals surface area contributed by atoms with Gasteiger partial charge in [0.2, 0.25) is 5.95 Å². The maximum Gasteiger partial charge on any atom is 0.416 e. The van der Waals surface area contributed by atoms with E-state index in [9.17, 15) is 13.2 Å². The quantitative estimate of drug-likeness (QED) is 0.660. The van der Waals surface area contributed by atoms with Crippen LogP contribution in [-0.4, -0.2) is 30.8 Å². The first-order valence-electron chi connectivity index (χ1n) is 6.11. The van der Waals surface area contributed by atoms with Crippen molar-refractivity contribution in [3.63, 3.8) is 0 Å². The summed E-state index contributed by atoms with van der Waals surface area (Å²) in [6.07, 6.45) is -2.63. The Morgan fingerprint density at radius 2 is 1.96 bits per heavy atom. The molecule has 0 fully saturated rings. The van der Waals surface area contributed by atoms with Gasteiger partial charge in [-0.25, -0.2) is 0 Å². The summed E-state index contributed by atoms with van der Waals surface area (Å²) in [5.74, 6) is 0.523. The van der Waals surface area contributed by atoms with Gasteiger partial charge < -0.3 is 5.73 Å². The molecule has 0 aliphatic carbocycles. The molecule has 6 nitrogen and oxygen atoms in total. The first-order chi connectivity index (χ1) is 10.8. The molecule has 0 saturated heterocycles. The molecular formula is C12H8BrF3N6S. The number of aromatic nitrogens is 5. The molecule has 2 N–H and O–H groups in total. The molecule has 0 bridgehead atoms. The Bertz CT molecular complexity index is 894. The second kappa shape index (κ2) is 5.64. The summed E-state index contributed by atoms with van der Waals surface area (Å²) in [6, 6.07) is 3.23. The lowest BCUT2D eigenvalue weighted by Crippen LogP contribution is -2.05. The zero-order chi connectivity index (χ0) is 16.8. The number of benzene rings is 1. The molecule has 2 aromatic heterocycles. The molecule has 3 rings (SSSR count). The van der Waals surface area contributed by atoms with Gasteiger partial charge in [-0.3, -0.25) is 0 Å². The Morgan fingerprint density at radius 3 is 2.57 bits per heavy atom. The summed E-state index contributed by atoms with van der Waals surface area (Å²) < 4.78 is 39.6. The smallest absolute Gasteiger partial charge is 0.368 e. The largest absolute Gasteiger partial charge is 0.416 e. The van der Waals surface area contributed by atoms with Gasteiger partial charge in [0.15, 0.2) is 11.0 Å². The summed E-state index contributed by atoms with van der Waals surface area (Å²) in [5.41, 5.74) is 5.41. The fourth-order valence-corrected chi connectivity index (χ4v) is 2.78. The summed E-state index contributed by atoms with van der Waals surface area (Å²) >= 11 is 4.41. The van der Waals surface area contributed by atoms with Gasteiger partial charge in [-0.15, -0.1) is 5.10 Å². The fraction of sp³-hybridized carbons (Fsp3) is 0.167. The van der Waals surface area contributed by atoms with Crippen molar-refractivity contribution < 1.29 is 13.2 Å². The van der Waals surface area contributed by atoms with Crippen LogP contribution in [0, 0.1) is 0 Å². The van der Waals surface area contributed by atoms with Crippen LogP contribution in [0.15, 0.2) is 27.8 Å². The van der Waals surface area contributed by atoms with E-state index in [-0.39, 0.29) is 22.0 Å². The van der Waals surface area contributed by atoms with Crippen LogP contribution in [0.25, 0.3) is 17.2 Å². The molecule has 23 heavy (non-hydrogen) atoms. The number of nitrogen functional groups attached to an aromatic ring is 1. The van der Waals surface area contributed by atoms with Crippen molar-refractivity contribution in [2.45, 2.75) is 11.3 Å². The molecule has 0 saturated carbocycles. The van der Waals surface area contributed by atoms with E-state index in [2.05, 4.69) is 36.0 Å². The van der Waals surface area contributed by atoms with Crippen molar-refractivity contribution in [2.75, 3.05) is 12.0 Å². The number of anilines is 1. The van der Waals surface area contributed by atoms with E-state index in [0.29, 0.717) is 10.7 Å². The molecule has 0 atom stereocenters. The van der Waals surface area contributed by atoms with Gasteiger partial charge in [0.1, 0.15) is 0 Å². The Balaban J connectivity index is 2.12. The SMILES string of the molecule is CSc1nc(N)n2nc(-c3ccc(C(F)(F)F)cc3Br)nc2n1. The van der Waals surface area contributed by atoms with Gasteiger partial charge in [-0.2, -0.15) is 32.6 Å². The Morgan fingerprint density at radius 1 is 1.22 bits per heavy atom. The van der Waals surface area contributed by atoms with E-state index >= 15 is 0 Å². The Kier molecular flexibility index (Phi) is 3.92. The van der Waals surface area contributed by atoms with Crippen LogP contribution in [0.1, 0.15) is 5.56 Å². The molecule has 0 aliphatic rings. The van der Waals surface area contributed by atoms with Crippen molar-refractivity contribution >= 4 is 39.4 Å². The summed E-state index contributed by atoms with van der Waals surface area (Å²) in [5, 5.41) is 4.58. The molecule has 0 spiro atoms. The number of halogens is 4. The van der Waals surface area contributed by atoms with Crippen molar-refractivity contribution in [2.24, 2.45) is 0 Å². The number of hydrogen-bond acceptors (Lipinski definition) is 6. The number of rotatable bonds is 2. The first-order valence-corrected chi connectivity index (χ1v) is 8.13. The van der Waals surface area contributed by atoms with Crippen LogP contribution < -0.4 is 5.73 Å². The molecule has 2 heterocycles. The Labute approximate surface area is 140 Å². The minimum absolute atomic E-state index is 0.0983. The third-order valence-corrected chi connectivity index (χ3v) is 4.14.